The summed E-state index contributed by atoms with van der Waals surface area (Å²) in [5.74, 6) is -1.57. The molecule has 1 unspecified atom stereocenters. The van der Waals surface area contributed by atoms with E-state index in [9.17, 15) is 32.3 Å². The number of alkyl halides is 3. The number of nitrogens with one attached hydrogen (secondary N) is 2. The van der Waals surface area contributed by atoms with Crippen LogP contribution in [0.5, 0.6) is 5.75 Å². The number of carbonyl (C=O) groups is 2. The first kappa shape index (κ1) is 25.3. The van der Waals surface area contributed by atoms with E-state index in [2.05, 4.69) is 15.6 Å². The summed E-state index contributed by atoms with van der Waals surface area (Å²) >= 11 is 5.54. The third-order valence-electron chi connectivity index (χ3n) is 4.12. The first-order valence-corrected chi connectivity index (χ1v) is 9.74. The zero-order valence-corrected chi connectivity index (χ0v) is 17.3. The van der Waals surface area contributed by atoms with Crippen LogP contribution in [-0.4, -0.2) is 41.2 Å². The van der Waals surface area contributed by atoms with Gasteiger partial charge in [-0.1, -0.05) is 11.6 Å². The number of benzene rings is 1. The summed E-state index contributed by atoms with van der Waals surface area (Å²) in [6, 6.07) is 5.74. The molecule has 0 saturated heterocycles. The van der Waals surface area contributed by atoms with E-state index in [1.807, 2.05) is 0 Å². The number of amides is 2. The van der Waals surface area contributed by atoms with Crippen molar-refractivity contribution in [1.82, 2.24) is 15.6 Å². The van der Waals surface area contributed by atoms with Crippen LogP contribution in [-0.2, 0) is 22.3 Å². The molecule has 12 heteroatoms. The maximum atomic E-state index is 13.3. The van der Waals surface area contributed by atoms with Crippen molar-refractivity contribution in [3.05, 3.63) is 58.6 Å². The molecule has 2 aromatic rings. The third-order valence-corrected chi connectivity index (χ3v) is 4.43. The van der Waals surface area contributed by atoms with Crippen molar-refractivity contribution >= 4 is 23.4 Å². The first-order valence-electron chi connectivity index (χ1n) is 9.36. The van der Waals surface area contributed by atoms with Crippen LogP contribution in [0.25, 0.3) is 0 Å². The number of nitrogens with zero attached hydrogens (tertiary/aromatic N) is 1. The van der Waals surface area contributed by atoms with E-state index in [-0.39, 0.29) is 42.4 Å². The van der Waals surface area contributed by atoms with Gasteiger partial charge in [0, 0.05) is 25.2 Å². The molecule has 1 aromatic heterocycles. The molecule has 7 nitrogen and oxygen atoms in total. The Bertz CT molecular complexity index is 926. The van der Waals surface area contributed by atoms with Crippen molar-refractivity contribution in [2.24, 2.45) is 0 Å². The minimum Gasteiger partial charge on any atom is -0.484 e. The molecule has 0 aliphatic rings. The summed E-state index contributed by atoms with van der Waals surface area (Å²) in [4.78, 5) is 27.2. The highest BCUT2D eigenvalue weighted by Gasteiger charge is 2.30. The SMILES string of the molecule is O=C(CCC(O)CNC(=O)COc1ccc(Cl)c(F)c1)NCc1ccc(C(F)(F)F)cn1. The van der Waals surface area contributed by atoms with Crippen molar-refractivity contribution in [2.45, 2.75) is 31.7 Å². The predicted molar refractivity (Wildman–Crippen MR) is 106 cm³/mol. The van der Waals surface area contributed by atoms with Gasteiger partial charge in [-0.25, -0.2) is 4.39 Å². The van der Waals surface area contributed by atoms with Gasteiger partial charge >= 0.3 is 6.18 Å². The average molecular weight is 478 g/mol. The van der Waals surface area contributed by atoms with Gasteiger partial charge in [-0.05, 0) is 30.7 Å². The molecule has 0 aliphatic carbocycles. The normalized spacial score (nSPS) is 12.2. The molecule has 0 saturated carbocycles. The maximum Gasteiger partial charge on any atom is 0.417 e. The smallest absolute Gasteiger partial charge is 0.417 e. The Balaban J connectivity index is 1.62. The number of aromatic nitrogens is 1. The Labute approximate surface area is 185 Å². The second-order valence-corrected chi connectivity index (χ2v) is 7.08. The fourth-order valence-corrected chi connectivity index (χ4v) is 2.49. The van der Waals surface area contributed by atoms with E-state index in [1.165, 1.54) is 12.1 Å². The van der Waals surface area contributed by atoms with Crippen molar-refractivity contribution < 1.29 is 37.0 Å². The molecule has 1 atom stereocenters. The topological polar surface area (TPSA) is 101 Å². The van der Waals surface area contributed by atoms with E-state index in [1.54, 1.807) is 0 Å². The van der Waals surface area contributed by atoms with Gasteiger partial charge in [0.15, 0.2) is 6.61 Å². The quantitative estimate of drug-likeness (QED) is 0.457. The lowest BCUT2D eigenvalue weighted by molar-refractivity contribution is -0.138. The summed E-state index contributed by atoms with van der Waals surface area (Å²) in [5, 5.41) is 14.7. The number of rotatable bonds is 10. The van der Waals surface area contributed by atoms with Gasteiger partial charge in [0.25, 0.3) is 5.91 Å². The van der Waals surface area contributed by atoms with E-state index in [4.69, 9.17) is 16.3 Å². The van der Waals surface area contributed by atoms with Gasteiger partial charge in [0.05, 0.1) is 28.9 Å². The van der Waals surface area contributed by atoms with Crippen LogP contribution in [0.15, 0.2) is 36.5 Å². The first-order chi connectivity index (χ1) is 15.0. The summed E-state index contributed by atoms with van der Waals surface area (Å²) in [6.07, 6.45) is -4.85. The van der Waals surface area contributed by atoms with Crippen LogP contribution < -0.4 is 15.4 Å². The molecule has 32 heavy (non-hydrogen) atoms. The molecule has 2 rings (SSSR count). The summed E-state index contributed by atoms with van der Waals surface area (Å²) in [6.45, 7) is -0.605. The maximum absolute atomic E-state index is 13.3. The second-order valence-electron chi connectivity index (χ2n) is 6.67. The molecule has 0 bridgehead atoms. The third kappa shape index (κ3) is 8.67. The molecule has 1 aromatic carbocycles. The van der Waals surface area contributed by atoms with Crippen LogP contribution in [0.4, 0.5) is 17.6 Å². The average Bonchev–Trinajstić information content (AvgIpc) is 2.75. The highest BCUT2D eigenvalue weighted by atomic mass is 35.5. The molecular formula is C20H20ClF4N3O4. The Kier molecular flexibility index (Phi) is 9.21. The number of pyridine rings is 1. The van der Waals surface area contributed by atoms with Crippen LogP contribution >= 0.6 is 11.6 Å². The predicted octanol–water partition coefficient (Wildman–Crippen LogP) is 2.85. The van der Waals surface area contributed by atoms with Gasteiger partial charge in [0.2, 0.25) is 5.91 Å². The minimum atomic E-state index is -4.49. The zero-order valence-electron chi connectivity index (χ0n) is 16.6. The lowest BCUT2D eigenvalue weighted by Gasteiger charge is -2.13. The second kappa shape index (κ2) is 11.6. The minimum absolute atomic E-state index is 0.0375. The molecule has 3 N–H and O–H groups in total. The molecule has 0 spiro atoms. The fourth-order valence-electron chi connectivity index (χ4n) is 2.37. The highest BCUT2D eigenvalue weighted by molar-refractivity contribution is 6.30. The van der Waals surface area contributed by atoms with Gasteiger partial charge in [-0.2, -0.15) is 13.2 Å². The monoisotopic (exact) mass is 477 g/mol. The molecule has 2 amide bonds. The number of aliphatic hydroxyl groups is 1. The molecule has 1 heterocycles. The molecule has 174 valence electrons. The van der Waals surface area contributed by atoms with Crippen molar-refractivity contribution in [3.63, 3.8) is 0 Å². The van der Waals surface area contributed by atoms with Crippen LogP contribution in [0.3, 0.4) is 0 Å². The van der Waals surface area contributed by atoms with E-state index in [0.29, 0.717) is 6.20 Å². The number of ether oxygens (including phenoxy) is 1. The van der Waals surface area contributed by atoms with E-state index in [0.717, 1.165) is 18.2 Å². The van der Waals surface area contributed by atoms with Crippen molar-refractivity contribution in [1.29, 1.82) is 0 Å². The standard InChI is InChI=1S/C20H20ClF4N3O4/c21-16-5-4-15(7-17(16)22)32-11-19(31)28-10-14(29)3-6-18(30)27-9-13-2-1-12(8-26-13)20(23,24)25/h1-2,4-5,7-8,14,29H,3,6,9-11H2,(H,27,30)(H,28,31). The summed E-state index contributed by atoms with van der Waals surface area (Å²) in [5.41, 5.74) is -0.636. The largest absolute Gasteiger partial charge is 0.484 e. The van der Waals surface area contributed by atoms with Gasteiger partial charge in [-0.3, -0.25) is 14.6 Å². The lowest BCUT2D eigenvalue weighted by Crippen LogP contribution is -2.36. The molecular weight excluding hydrogens is 458 g/mol. The number of hydrogen-bond acceptors (Lipinski definition) is 5. The van der Waals surface area contributed by atoms with Crippen molar-refractivity contribution in [2.75, 3.05) is 13.2 Å². The highest BCUT2D eigenvalue weighted by Crippen LogP contribution is 2.28. The number of carbonyl (C=O) groups excluding carboxylic acids is 2. The lowest BCUT2D eigenvalue weighted by atomic mass is 10.2. The van der Waals surface area contributed by atoms with E-state index < -0.39 is 42.1 Å². The summed E-state index contributed by atoms with van der Waals surface area (Å²) in [7, 11) is 0. The van der Waals surface area contributed by atoms with Gasteiger partial charge < -0.3 is 20.5 Å². The molecule has 0 fully saturated rings. The van der Waals surface area contributed by atoms with Gasteiger partial charge in [-0.15, -0.1) is 0 Å². The fraction of sp³-hybridized carbons (Fsp3) is 0.350. The zero-order chi connectivity index (χ0) is 23.7. The van der Waals surface area contributed by atoms with Crippen LogP contribution in [0, 0.1) is 5.82 Å². The molecule has 0 radical (unpaired) electrons. The van der Waals surface area contributed by atoms with Crippen LogP contribution in [0.1, 0.15) is 24.1 Å². The van der Waals surface area contributed by atoms with Crippen molar-refractivity contribution in [3.8, 4) is 5.75 Å². The number of aliphatic hydroxyl groups excluding tert-OH is 1. The Morgan fingerprint density at radius 1 is 1.16 bits per heavy atom. The van der Waals surface area contributed by atoms with Crippen LogP contribution in [0.2, 0.25) is 5.02 Å². The Morgan fingerprint density at radius 2 is 1.91 bits per heavy atom. The molecule has 0 aliphatic heterocycles. The number of halogens is 5. The van der Waals surface area contributed by atoms with E-state index >= 15 is 0 Å². The number of hydrogen-bond donors (Lipinski definition) is 3. The Hall–Kier alpha value is -2.92. The Morgan fingerprint density at radius 3 is 2.53 bits per heavy atom. The van der Waals surface area contributed by atoms with Gasteiger partial charge in [0.1, 0.15) is 11.6 Å². The summed E-state index contributed by atoms with van der Waals surface area (Å²) < 4.78 is 55.9.